The summed E-state index contributed by atoms with van der Waals surface area (Å²) in [5.41, 5.74) is 2.37. The van der Waals surface area contributed by atoms with Crippen LogP contribution in [0.5, 0.6) is 11.5 Å². The number of methoxy groups -OCH3 is 2. The van der Waals surface area contributed by atoms with Gasteiger partial charge in [0.1, 0.15) is 25.4 Å². The average Bonchev–Trinajstić information content (AvgIpc) is 1.24. The number of aryl methyl sites for hydroxylation is 1. The summed E-state index contributed by atoms with van der Waals surface area (Å²) in [4.78, 5) is 37.0. The lowest BCUT2D eigenvalue weighted by Gasteiger charge is -2.43. The smallest absolute Gasteiger partial charge is 0.471 e. The topological polar surface area (TPSA) is 183 Å². The Labute approximate surface area is 508 Å². The van der Waals surface area contributed by atoms with Crippen molar-refractivity contribution < 1.29 is 78.2 Å². The number of carbonyl (C=O) groups excluding carboxylic acids is 3. The molecular formula is C65H72F6N6O10P+. The third-order valence-electron chi connectivity index (χ3n) is 14.3. The predicted molar refractivity (Wildman–Crippen MR) is 324 cm³/mol. The Bertz CT molecular complexity index is 3430. The molecule has 0 saturated carbocycles. The molecule has 7 aromatic rings. The third kappa shape index (κ3) is 17.3. The number of aromatic nitrogens is 1. The van der Waals surface area contributed by atoms with Gasteiger partial charge in [0.2, 0.25) is 11.2 Å². The van der Waals surface area contributed by atoms with Crippen LogP contribution in [0.15, 0.2) is 140 Å². The molecule has 468 valence electrons. The Balaban J connectivity index is 0.954. The van der Waals surface area contributed by atoms with Crippen LogP contribution >= 0.6 is 8.30 Å². The molecule has 0 spiro atoms. The fourth-order valence-electron chi connectivity index (χ4n) is 10.2. The van der Waals surface area contributed by atoms with Crippen molar-refractivity contribution in [2.24, 2.45) is 0 Å². The minimum atomic E-state index is -5.18. The van der Waals surface area contributed by atoms with Crippen LogP contribution in [0.3, 0.4) is 0 Å². The van der Waals surface area contributed by atoms with Gasteiger partial charge in [-0.15, -0.1) is 0 Å². The fourth-order valence-corrected chi connectivity index (χ4v) is 12.6. The van der Waals surface area contributed by atoms with Crippen molar-refractivity contribution in [3.8, 4) is 23.3 Å². The molecule has 7 rings (SSSR count). The quantitative estimate of drug-likeness (QED) is 0.00935. The summed E-state index contributed by atoms with van der Waals surface area (Å²) >= 11 is 0. The van der Waals surface area contributed by atoms with Crippen LogP contribution in [-0.2, 0) is 38.7 Å². The molecule has 3 N–H and O–H groups in total. The zero-order valence-electron chi connectivity index (χ0n) is 49.9. The first-order chi connectivity index (χ1) is 42.1. The van der Waals surface area contributed by atoms with E-state index in [0.717, 1.165) is 16.7 Å². The summed E-state index contributed by atoms with van der Waals surface area (Å²) in [5, 5.41) is 17.4. The highest BCUT2D eigenvalue weighted by Gasteiger charge is 2.42. The lowest BCUT2D eigenvalue weighted by Crippen LogP contribution is -2.40. The Hall–Kier alpha value is -7.74. The maximum absolute atomic E-state index is 13.3. The first kappa shape index (κ1) is 67.8. The molecule has 0 saturated heterocycles. The van der Waals surface area contributed by atoms with Crippen LogP contribution in [-0.4, -0.2) is 126 Å². The number of ether oxygens (including phenoxy) is 6. The van der Waals surface area contributed by atoms with Gasteiger partial charge in [-0.25, -0.2) is 0 Å². The summed E-state index contributed by atoms with van der Waals surface area (Å²) in [6, 6.07) is 41.3. The number of amides is 3. The number of alkyl halides is 6. The minimum absolute atomic E-state index is 0.109. The SMILES string of the molecule is COc1ccc(C(OCC(CCOCCOCCOCCNC(=O)c2ccc(-[n+]3cc4cc(NC(=O)C(F)(F)F)ccc4c4ccc(NC(=O)C(F)(F)F)c(C)c43)cc2)P(OCCC#N)N(C(C)C)C(C)C)(c2ccccc2)c2ccc(OC)cc2)cc1. The number of pyridine rings is 1. The van der Waals surface area contributed by atoms with Gasteiger partial charge in [0.15, 0.2) is 6.20 Å². The highest BCUT2D eigenvalue weighted by atomic mass is 31.2. The highest BCUT2D eigenvalue weighted by Crippen LogP contribution is 2.52. The van der Waals surface area contributed by atoms with Crippen molar-refractivity contribution in [2.45, 2.75) is 83.2 Å². The zero-order chi connectivity index (χ0) is 63.6. The monoisotopic (exact) mass is 1240 g/mol. The average molecular weight is 1240 g/mol. The second kappa shape index (κ2) is 31.4. The normalized spacial score (nSPS) is 12.8. The summed E-state index contributed by atoms with van der Waals surface area (Å²) in [7, 11) is 1.91. The van der Waals surface area contributed by atoms with Gasteiger partial charge < -0.3 is 48.9 Å². The van der Waals surface area contributed by atoms with Crippen molar-refractivity contribution in [1.82, 2.24) is 9.99 Å². The molecule has 0 aliphatic carbocycles. The van der Waals surface area contributed by atoms with Gasteiger partial charge in [0.05, 0.1) is 84.0 Å². The maximum atomic E-state index is 13.3. The van der Waals surface area contributed by atoms with Gasteiger partial charge >= 0.3 is 24.2 Å². The van der Waals surface area contributed by atoms with Crippen LogP contribution < -0.4 is 30.0 Å². The molecule has 0 aliphatic rings. The summed E-state index contributed by atoms with van der Waals surface area (Å²) < 4.78 is 126. The number of nitriles is 1. The molecular weight excluding hydrogens is 1170 g/mol. The number of anilines is 2. The van der Waals surface area contributed by atoms with Crippen LogP contribution in [0, 0.1) is 18.3 Å². The predicted octanol–water partition coefficient (Wildman–Crippen LogP) is 12.5. The molecule has 2 atom stereocenters. The van der Waals surface area contributed by atoms with E-state index in [4.69, 9.17) is 32.9 Å². The van der Waals surface area contributed by atoms with E-state index in [1.807, 2.05) is 77.4 Å². The molecule has 6 aromatic carbocycles. The molecule has 0 bridgehead atoms. The summed E-state index contributed by atoms with van der Waals surface area (Å²) in [5.74, 6) is -3.39. The Kier molecular flexibility index (Phi) is 24.2. The number of nitrogens with zero attached hydrogens (tertiary/aromatic N) is 3. The number of hydrogen-bond acceptors (Lipinski definition) is 12. The van der Waals surface area contributed by atoms with Gasteiger partial charge in [0.25, 0.3) is 5.91 Å². The second-order valence-corrected chi connectivity index (χ2v) is 22.9. The first-order valence-corrected chi connectivity index (χ1v) is 29.7. The number of fused-ring (bicyclic) bond motifs is 3. The number of carbonyl (C=O) groups is 3. The molecule has 0 radical (unpaired) electrons. The van der Waals surface area contributed by atoms with E-state index >= 15 is 0 Å². The van der Waals surface area contributed by atoms with Crippen LogP contribution in [0.1, 0.15) is 73.1 Å². The zero-order valence-corrected chi connectivity index (χ0v) is 50.8. The van der Waals surface area contributed by atoms with Crippen molar-refractivity contribution in [3.05, 3.63) is 167 Å². The van der Waals surface area contributed by atoms with E-state index < -0.39 is 44.0 Å². The Morgan fingerprint density at radius 1 is 0.648 bits per heavy atom. The lowest BCUT2D eigenvalue weighted by molar-refractivity contribution is -0.565. The van der Waals surface area contributed by atoms with E-state index in [9.17, 15) is 46.0 Å². The van der Waals surface area contributed by atoms with E-state index in [0.29, 0.717) is 58.5 Å². The van der Waals surface area contributed by atoms with Gasteiger partial charge in [-0.3, -0.25) is 19.1 Å². The highest BCUT2D eigenvalue weighted by molar-refractivity contribution is 7.50. The van der Waals surface area contributed by atoms with E-state index in [1.54, 1.807) is 30.9 Å². The number of rotatable bonds is 31. The second-order valence-electron chi connectivity index (χ2n) is 20.8. The van der Waals surface area contributed by atoms with Crippen molar-refractivity contribution in [2.75, 3.05) is 84.3 Å². The molecule has 16 nitrogen and oxygen atoms in total. The van der Waals surface area contributed by atoms with Gasteiger partial charge in [0, 0.05) is 70.6 Å². The summed E-state index contributed by atoms with van der Waals surface area (Å²) in [6.07, 6.45) is -8.01. The minimum Gasteiger partial charge on any atom is -0.497 e. The van der Waals surface area contributed by atoms with E-state index in [2.05, 4.69) is 55.9 Å². The fraction of sp³-hybridized carbons (Fsp3) is 0.369. The molecule has 88 heavy (non-hydrogen) atoms. The van der Waals surface area contributed by atoms with Crippen molar-refractivity contribution in [3.63, 3.8) is 0 Å². The lowest BCUT2D eigenvalue weighted by atomic mass is 9.80. The number of nitrogens with one attached hydrogen (secondary N) is 3. The molecule has 2 unspecified atom stereocenters. The molecule has 0 aliphatic heterocycles. The van der Waals surface area contributed by atoms with Crippen molar-refractivity contribution >= 4 is 59.1 Å². The molecule has 1 aromatic heterocycles. The van der Waals surface area contributed by atoms with Gasteiger partial charge in [-0.05, 0) is 118 Å². The Morgan fingerprint density at radius 2 is 1.19 bits per heavy atom. The van der Waals surface area contributed by atoms with E-state index in [-0.39, 0.29) is 92.9 Å². The van der Waals surface area contributed by atoms with Gasteiger partial charge in [-0.2, -0.15) is 36.2 Å². The van der Waals surface area contributed by atoms with Crippen LogP contribution in [0.4, 0.5) is 37.7 Å². The third-order valence-corrected chi connectivity index (χ3v) is 17.1. The van der Waals surface area contributed by atoms with Gasteiger partial charge in [-0.1, -0.05) is 60.7 Å². The molecule has 0 fully saturated rings. The van der Waals surface area contributed by atoms with Crippen LogP contribution in [0.25, 0.3) is 27.4 Å². The van der Waals surface area contributed by atoms with E-state index in [1.165, 1.54) is 55.6 Å². The largest absolute Gasteiger partial charge is 0.497 e. The number of halogens is 6. The summed E-state index contributed by atoms with van der Waals surface area (Å²) in [6.45, 7) is 12.3. The molecule has 3 amide bonds. The number of benzene rings is 6. The Morgan fingerprint density at radius 3 is 1.75 bits per heavy atom. The van der Waals surface area contributed by atoms with Crippen molar-refractivity contribution in [1.29, 1.82) is 5.26 Å². The number of hydrogen-bond donors (Lipinski definition) is 3. The van der Waals surface area contributed by atoms with Crippen LogP contribution in [0.2, 0.25) is 0 Å². The maximum Gasteiger partial charge on any atom is 0.471 e. The first-order valence-electron chi connectivity index (χ1n) is 28.5. The molecule has 23 heteroatoms. The standard InChI is InChI=1S/C65H71F6N6O10P/c1-43(2)77(44(3)4)88(87-33-11-31-72)55(42-86-63(48-12-9-8-10-13-48,49-16-23-53(81-6)24-17-49)50-18-25-54(82-7)26-19-50)30-34-83-36-38-85-39-37-84-35-32-73-60(78)46-14-21-52(22-15-46)76-41-47-40-51(74-61(79)64(66,67)68)20-27-56(47)57-28-29-58(45(5)59(57)76)75-62(80)65(69,70)71/h8-10,12-29,40-41,43-44,55H,11,30,32-39,42H2,1-7H3,(H2,73,74,78,79)/p+1. The molecule has 1 heterocycles.